The van der Waals surface area contributed by atoms with Crippen molar-refractivity contribution in [3.63, 3.8) is 0 Å². The standard InChI is InChI=1S/C16H12N2OS/c19-11-10-15(12-6-2-1-3-7-12)20-16-17-13-8-4-5-9-14(13)18-16/h1-11H,(H,17,18)/b15-10-. The molecule has 0 aliphatic carbocycles. The highest BCUT2D eigenvalue weighted by Crippen LogP contribution is 2.33. The number of carbonyl (C=O) groups is 1. The van der Waals surface area contributed by atoms with Crippen molar-refractivity contribution in [1.82, 2.24) is 9.97 Å². The van der Waals surface area contributed by atoms with E-state index in [4.69, 9.17) is 0 Å². The highest BCUT2D eigenvalue weighted by molar-refractivity contribution is 8.08. The van der Waals surface area contributed by atoms with Crippen LogP contribution < -0.4 is 0 Å². The van der Waals surface area contributed by atoms with Gasteiger partial charge in [-0.05, 0) is 23.8 Å². The van der Waals surface area contributed by atoms with Gasteiger partial charge in [-0.3, -0.25) is 4.79 Å². The van der Waals surface area contributed by atoms with Crippen LogP contribution in [-0.4, -0.2) is 16.3 Å². The van der Waals surface area contributed by atoms with Gasteiger partial charge < -0.3 is 4.98 Å². The molecule has 0 saturated carbocycles. The van der Waals surface area contributed by atoms with Gasteiger partial charge in [0.1, 0.15) is 6.29 Å². The average Bonchev–Trinajstić information content (AvgIpc) is 2.90. The molecule has 1 N–H and O–H groups in total. The van der Waals surface area contributed by atoms with Crippen molar-refractivity contribution in [2.45, 2.75) is 5.16 Å². The van der Waals surface area contributed by atoms with Crippen LogP contribution in [0.1, 0.15) is 5.56 Å². The Balaban J connectivity index is 1.94. The molecule has 0 aliphatic rings. The van der Waals surface area contributed by atoms with Crippen LogP contribution in [0.5, 0.6) is 0 Å². The number of hydrogen-bond donors (Lipinski definition) is 1. The monoisotopic (exact) mass is 280 g/mol. The first kappa shape index (κ1) is 12.7. The molecule has 0 unspecified atom stereocenters. The normalized spacial score (nSPS) is 11.7. The predicted octanol–water partition coefficient (Wildman–Crippen LogP) is 3.90. The molecule has 0 amide bonds. The Labute approximate surface area is 120 Å². The van der Waals surface area contributed by atoms with Crippen LogP contribution in [0, 0.1) is 0 Å². The lowest BCUT2D eigenvalue weighted by Gasteiger charge is -2.03. The van der Waals surface area contributed by atoms with E-state index in [9.17, 15) is 4.79 Å². The number of fused-ring (bicyclic) bond motifs is 1. The Kier molecular flexibility index (Phi) is 3.65. The van der Waals surface area contributed by atoms with Gasteiger partial charge in [0.05, 0.1) is 11.0 Å². The molecule has 0 atom stereocenters. The lowest BCUT2D eigenvalue weighted by molar-refractivity contribution is -0.104. The van der Waals surface area contributed by atoms with Crippen LogP contribution in [0.4, 0.5) is 0 Å². The smallest absolute Gasteiger partial charge is 0.171 e. The zero-order chi connectivity index (χ0) is 13.8. The summed E-state index contributed by atoms with van der Waals surface area (Å²) < 4.78 is 0. The molecule has 0 fully saturated rings. The second kappa shape index (κ2) is 5.75. The van der Waals surface area contributed by atoms with E-state index in [1.165, 1.54) is 11.8 Å². The summed E-state index contributed by atoms with van der Waals surface area (Å²) in [7, 11) is 0. The number of H-pyrrole nitrogens is 1. The van der Waals surface area contributed by atoms with Crippen molar-refractivity contribution >= 4 is 34.0 Å². The van der Waals surface area contributed by atoms with E-state index in [1.54, 1.807) is 6.08 Å². The molecular formula is C16H12N2OS. The SMILES string of the molecule is O=C/C=C(\Sc1nc2ccccc2[nH]1)c1ccccc1. The van der Waals surface area contributed by atoms with E-state index in [1.807, 2.05) is 54.6 Å². The molecular weight excluding hydrogens is 268 g/mol. The number of aromatic nitrogens is 2. The fourth-order valence-electron chi connectivity index (χ4n) is 1.94. The van der Waals surface area contributed by atoms with Crippen LogP contribution in [0.2, 0.25) is 0 Å². The third-order valence-corrected chi connectivity index (χ3v) is 3.83. The maximum Gasteiger partial charge on any atom is 0.171 e. The first-order valence-electron chi connectivity index (χ1n) is 6.20. The number of benzene rings is 2. The maximum atomic E-state index is 10.8. The molecule has 0 aliphatic heterocycles. The largest absolute Gasteiger partial charge is 0.333 e. The van der Waals surface area contributed by atoms with Gasteiger partial charge in [0.15, 0.2) is 5.16 Å². The number of hydrogen-bond acceptors (Lipinski definition) is 3. The Morgan fingerprint density at radius 2 is 1.80 bits per heavy atom. The maximum absolute atomic E-state index is 10.8. The van der Waals surface area contributed by atoms with Crippen LogP contribution in [0.15, 0.2) is 65.8 Å². The van der Waals surface area contributed by atoms with E-state index >= 15 is 0 Å². The van der Waals surface area contributed by atoms with Crippen LogP contribution >= 0.6 is 11.8 Å². The summed E-state index contributed by atoms with van der Waals surface area (Å²) >= 11 is 1.46. The fourth-order valence-corrected chi connectivity index (χ4v) is 2.83. The van der Waals surface area contributed by atoms with Crippen LogP contribution in [-0.2, 0) is 4.79 Å². The predicted molar refractivity (Wildman–Crippen MR) is 82.4 cm³/mol. The van der Waals surface area contributed by atoms with Crippen molar-refractivity contribution in [3.8, 4) is 0 Å². The zero-order valence-electron chi connectivity index (χ0n) is 10.6. The molecule has 4 heteroatoms. The lowest BCUT2D eigenvalue weighted by atomic mass is 10.2. The van der Waals surface area contributed by atoms with Crippen molar-refractivity contribution in [1.29, 1.82) is 0 Å². The van der Waals surface area contributed by atoms with Crippen LogP contribution in [0.3, 0.4) is 0 Å². The molecule has 3 aromatic rings. The Bertz CT molecular complexity index is 729. The van der Waals surface area contributed by atoms with Crippen molar-refractivity contribution < 1.29 is 4.79 Å². The molecule has 3 nitrogen and oxygen atoms in total. The first-order chi connectivity index (χ1) is 9.86. The summed E-state index contributed by atoms with van der Waals surface area (Å²) in [5, 5.41) is 0.781. The second-order valence-electron chi connectivity index (χ2n) is 4.19. The fraction of sp³-hybridized carbons (Fsp3) is 0. The zero-order valence-corrected chi connectivity index (χ0v) is 11.4. The molecule has 20 heavy (non-hydrogen) atoms. The Hall–Kier alpha value is -2.33. The molecule has 3 rings (SSSR count). The van der Waals surface area contributed by atoms with Gasteiger partial charge in [-0.25, -0.2) is 4.98 Å². The lowest BCUT2D eigenvalue weighted by Crippen LogP contribution is -1.82. The number of aldehydes is 1. The number of allylic oxidation sites excluding steroid dienone is 1. The summed E-state index contributed by atoms with van der Waals surface area (Å²) in [4.78, 5) is 19.5. The first-order valence-corrected chi connectivity index (χ1v) is 7.02. The highest BCUT2D eigenvalue weighted by atomic mass is 32.2. The van der Waals surface area contributed by atoms with Crippen LogP contribution in [0.25, 0.3) is 15.9 Å². The molecule has 0 saturated heterocycles. The Morgan fingerprint density at radius 3 is 2.55 bits per heavy atom. The van der Waals surface area contributed by atoms with Gasteiger partial charge in [-0.2, -0.15) is 0 Å². The summed E-state index contributed by atoms with van der Waals surface area (Å²) in [6.07, 6.45) is 2.37. The molecule has 0 bridgehead atoms. The topological polar surface area (TPSA) is 45.8 Å². The van der Waals surface area contributed by atoms with E-state index < -0.39 is 0 Å². The highest BCUT2D eigenvalue weighted by Gasteiger charge is 2.08. The van der Waals surface area contributed by atoms with E-state index in [2.05, 4.69) is 9.97 Å². The number of nitrogens with zero attached hydrogens (tertiary/aromatic N) is 1. The van der Waals surface area contributed by atoms with Crippen molar-refractivity contribution in [2.24, 2.45) is 0 Å². The van der Waals surface area contributed by atoms with Gasteiger partial charge in [0, 0.05) is 4.91 Å². The number of nitrogens with one attached hydrogen (secondary N) is 1. The number of imidazole rings is 1. The minimum atomic E-state index is 0.781. The quantitative estimate of drug-likeness (QED) is 0.448. The van der Waals surface area contributed by atoms with Gasteiger partial charge in [-0.15, -0.1) is 0 Å². The van der Waals surface area contributed by atoms with Crippen molar-refractivity contribution in [3.05, 3.63) is 66.2 Å². The van der Waals surface area contributed by atoms with E-state index in [-0.39, 0.29) is 0 Å². The number of aromatic amines is 1. The second-order valence-corrected chi connectivity index (χ2v) is 5.22. The van der Waals surface area contributed by atoms with Gasteiger partial charge >= 0.3 is 0 Å². The van der Waals surface area contributed by atoms with Gasteiger partial charge in [0.2, 0.25) is 0 Å². The molecule has 0 radical (unpaired) electrons. The third kappa shape index (κ3) is 2.65. The molecule has 1 heterocycles. The summed E-state index contributed by atoms with van der Waals surface area (Å²) in [6, 6.07) is 17.7. The number of carbonyl (C=O) groups excluding carboxylic acids is 1. The average molecular weight is 280 g/mol. The van der Waals surface area contributed by atoms with Crippen molar-refractivity contribution in [2.75, 3.05) is 0 Å². The number of rotatable bonds is 4. The summed E-state index contributed by atoms with van der Waals surface area (Å²) in [5.41, 5.74) is 2.92. The molecule has 2 aromatic carbocycles. The summed E-state index contributed by atoms with van der Waals surface area (Å²) in [6.45, 7) is 0. The summed E-state index contributed by atoms with van der Waals surface area (Å²) in [5.74, 6) is 0. The van der Waals surface area contributed by atoms with E-state index in [0.717, 1.165) is 32.9 Å². The molecule has 1 aromatic heterocycles. The van der Waals surface area contributed by atoms with Gasteiger partial charge in [0.25, 0.3) is 0 Å². The Morgan fingerprint density at radius 1 is 1.05 bits per heavy atom. The van der Waals surface area contributed by atoms with Gasteiger partial charge in [-0.1, -0.05) is 54.2 Å². The van der Waals surface area contributed by atoms with E-state index in [0.29, 0.717) is 0 Å². The third-order valence-electron chi connectivity index (χ3n) is 2.85. The minimum Gasteiger partial charge on any atom is -0.333 e. The molecule has 98 valence electrons. The molecule has 0 spiro atoms. The number of para-hydroxylation sites is 2. The number of thioether (sulfide) groups is 1. The minimum absolute atomic E-state index is 0.781.